The molecular formula is C15H21N5O2. The molecule has 1 amide bonds. The number of aliphatic imine (C=N–C) groups is 1. The van der Waals surface area contributed by atoms with E-state index in [9.17, 15) is 4.79 Å². The van der Waals surface area contributed by atoms with Crippen molar-refractivity contribution in [3.63, 3.8) is 0 Å². The maximum Gasteiger partial charge on any atom is 0.265 e. The third-order valence-corrected chi connectivity index (χ3v) is 3.60. The van der Waals surface area contributed by atoms with Crippen molar-refractivity contribution < 1.29 is 9.53 Å². The number of hydrazine groups is 1. The predicted molar refractivity (Wildman–Crippen MR) is 83.5 cm³/mol. The highest BCUT2D eigenvalue weighted by molar-refractivity contribution is 5.93. The van der Waals surface area contributed by atoms with E-state index in [0.717, 1.165) is 18.9 Å². The largest absolute Gasteiger partial charge is 0.371 e. The lowest BCUT2D eigenvalue weighted by Crippen LogP contribution is -2.56. The Bertz CT molecular complexity index is 534. The molecule has 2 heterocycles. The second kappa shape index (κ2) is 7.35. The number of carbonyl (C=O) groups excluding carboxylic acids is 1. The van der Waals surface area contributed by atoms with Gasteiger partial charge in [0, 0.05) is 18.7 Å². The average Bonchev–Trinajstić information content (AvgIpc) is 3.08. The second-order valence-corrected chi connectivity index (χ2v) is 5.25. The number of hydrogen-bond acceptors (Lipinski definition) is 6. The Morgan fingerprint density at radius 3 is 3.05 bits per heavy atom. The Balaban J connectivity index is 1.47. The highest BCUT2D eigenvalue weighted by atomic mass is 16.5. The third-order valence-electron chi connectivity index (χ3n) is 3.60. The van der Waals surface area contributed by atoms with E-state index in [1.165, 1.54) is 0 Å². The van der Waals surface area contributed by atoms with Gasteiger partial charge in [-0.1, -0.05) is 18.2 Å². The van der Waals surface area contributed by atoms with Gasteiger partial charge in [0.05, 0.1) is 26.2 Å². The summed E-state index contributed by atoms with van der Waals surface area (Å²) in [6, 6.07) is 9.21. The monoisotopic (exact) mass is 303 g/mol. The third kappa shape index (κ3) is 4.03. The maximum absolute atomic E-state index is 12.1. The molecule has 0 saturated carbocycles. The van der Waals surface area contributed by atoms with E-state index >= 15 is 0 Å². The van der Waals surface area contributed by atoms with E-state index in [-0.39, 0.29) is 12.1 Å². The van der Waals surface area contributed by atoms with E-state index in [2.05, 4.69) is 21.1 Å². The van der Waals surface area contributed by atoms with Gasteiger partial charge in [0.15, 0.2) is 0 Å². The summed E-state index contributed by atoms with van der Waals surface area (Å²) < 4.78 is 5.67. The number of nitrogens with zero attached hydrogens (tertiary/aromatic N) is 2. The molecule has 0 spiro atoms. The van der Waals surface area contributed by atoms with Crippen LogP contribution < -0.4 is 16.1 Å². The van der Waals surface area contributed by atoms with Crippen LogP contribution in [-0.4, -0.2) is 62.3 Å². The molecule has 2 aliphatic heterocycles. The standard InChI is InChI=1S/C15H21N5O2/c21-15(12-4-2-1-3-5-12)19-20-8-9-22-14(11-20)18-10-13-16-6-7-17-13/h1-5,14,18H,6-11H2,(H,16,17)(H,19,21). The quantitative estimate of drug-likeness (QED) is 0.689. The Labute approximate surface area is 129 Å². The molecule has 118 valence electrons. The molecule has 1 unspecified atom stereocenters. The van der Waals surface area contributed by atoms with Gasteiger partial charge in [0.2, 0.25) is 0 Å². The molecule has 7 nitrogen and oxygen atoms in total. The van der Waals surface area contributed by atoms with Gasteiger partial charge in [0.1, 0.15) is 12.1 Å². The molecular weight excluding hydrogens is 282 g/mol. The Morgan fingerprint density at radius 2 is 2.27 bits per heavy atom. The minimum Gasteiger partial charge on any atom is -0.371 e. The maximum atomic E-state index is 12.1. The number of nitrogens with one attached hydrogen (secondary N) is 3. The van der Waals surface area contributed by atoms with Gasteiger partial charge in [-0.25, -0.2) is 5.01 Å². The summed E-state index contributed by atoms with van der Waals surface area (Å²) in [5.74, 6) is 0.872. The van der Waals surface area contributed by atoms with Crippen LogP contribution in [0.25, 0.3) is 0 Å². The molecule has 2 aliphatic rings. The van der Waals surface area contributed by atoms with Crippen LogP contribution in [0.15, 0.2) is 35.3 Å². The molecule has 7 heteroatoms. The lowest BCUT2D eigenvalue weighted by atomic mass is 10.2. The van der Waals surface area contributed by atoms with Crippen LogP contribution in [0.5, 0.6) is 0 Å². The molecule has 1 saturated heterocycles. The van der Waals surface area contributed by atoms with E-state index in [4.69, 9.17) is 4.74 Å². The van der Waals surface area contributed by atoms with Crippen LogP contribution in [0.3, 0.4) is 0 Å². The molecule has 3 N–H and O–H groups in total. The van der Waals surface area contributed by atoms with Gasteiger partial charge in [-0.2, -0.15) is 0 Å². The number of morpholine rings is 1. The van der Waals surface area contributed by atoms with Crippen LogP contribution in [0, 0.1) is 0 Å². The highest BCUT2D eigenvalue weighted by Crippen LogP contribution is 2.03. The first-order valence-electron chi connectivity index (χ1n) is 7.54. The van der Waals surface area contributed by atoms with Crippen molar-refractivity contribution in [1.82, 2.24) is 21.1 Å². The molecule has 0 aliphatic carbocycles. The number of ether oxygens (including phenoxy) is 1. The van der Waals surface area contributed by atoms with E-state index in [1.807, 2.05) is 23.2 Å². The molecule has 22 heavy (non-hydrogen) atoms. The molecule has 0 radical (unpaired) electrons. The summed E-state index contributed by atoms with van der Waals surface area (Å²) in [5.41, 5.74) is 3.58. The number of amidine groups is 1. The highest BCUT2D eigenvalue weighted by Gasteiger charge is 2.22. The van der Waals surface area contributed by atoms with Gasteiger partial charge >= 0.3 is 0 Å². The Hall–Kier alpha value is -1.96. The van der Waals surface area contributed by atoms with Crippen molar-refractivity contribution in [2.75, 3.05) is 39.3 Å². The van der Waals surface area contributed by atoms with Crippen LogP contribution in [-0.2, 0) is 4.74 Å². The number of amides is 1. The fraction of sp³-hybridized carbons (Fsp3) is 0.467. The molecule has 1 aromatic carbocycles. The SMILES string of the molecule is O=C(NN1CCOC(NCC2=NCCN2)C1)c1ccccc1. The number of hydrogen-bond donors (Lipinski definition) is 3. The smallest absolute Gasteiger partial charge is 0.265 e. The fourth-order valence-electron chi connectivity index (χ4n) is 2.45. The number of benzene rings is 1. The summed E-state index contributed by atoms with van der Waals surface area (Å²) in [6.07, 6.45) is -0.116. The molecule has 3 rings (SSSR count). The van der Waals surface area contributed by atoms with Crippen molar-refractivity contribution in [1.29, 1.82) is 0 Å². The first-order chi connectivity index (χ1) is 10.8. The lowest BCUT2D eigenvalue weighted by Gasteiger charge is -2.33. The minimum absolute atomic E-state index is 0.0944. The van der Waals surface area contributed by atoms with Crippen LogP contribution >= 0.6 is 0 Å². The molecule has 0 bridgehead atoms. The number of carbonyl (C=O) groups is 1. The van der Waals surface area contributed by atoms with Gasteiger partial charge in [0.25, 0.3) is 5.91 Å². The van der Waals surface area contributed by atoms with Gasteiger partial charge < -0.3 is 10.1 Å². The molecule has 1 atom stereocenters. The molecule has 1 aromatic rings. The van der Waals surface area contributed by atoms with Crippen molar-refractivity contribution >= 4 is 11.7 Å². The van der Waals surface area contributed by atoms with E-state index in [0.29, 0.717) is 31.8 Å². The van der Waals surface area contributed by atoms with Crippen molar-refractivity contribution in [2.45, 2.75) is 6.23 Å². The zero-order valence-corrected chi connectivity index (χ0v) is 12.4. The average molecular weight is 303 g/mol. The van der Waals surface area contributed by atoms with Crippen LogP contribution in [0.4, 0.5) is 0 Å². The van der Waals surface area contributed by atoms with E-state index in [1.54, 1.807) is 12.1 Å². The van der Waals surface area contributed by atoms with E-state index < -0.39 is 0 Å². The normalized spacial score (nSPS) is 22.0. The summed E-state index contributed by atoms with van der Waals surface area (Å²) in [5, 5.41) is 8.40. The summed E-state index contributed by atoms with van der Waals surface area (Å²) in [7, 11) is 0. The first-order valence-corrected chi connectivity index (χ1v) is 7.54. The predicted octanol–water partition coefficient (Wildman–Crippen LogP) is -0.419. The van der Waals surface area contributed by atoms with Crippen molar-refractivity contribution in [3.8, 4) is 0 Å². The van der Waals surface area contributed by atoms with Crippen molar-refractivity contribution in [2.24, 2.45) is 4.99 Å². The molecule has 0 aromatic heterocycles. The van der Waals surface area contributed by atoms with Crippen LogP contribution in [0.2, 0.25) is 0 Å². The van der Waals surface area contributed by atoms with Crippen LogP contribution in [0.1, 0.15) is 10.4 Å². The zero-order valence-electron chi connectivity index (χ0n) is 12.4. The summed E-state index contributed by atoms with van der Waals surface area (Å²) >= 11 is 0. The Kier molecular flexibility index (Phi) is 4.99. The van der Waals surface area contributed by atoms with Gasteiger partial charge in [-0.15, -0.1) is 0 Å². The molecule has 1 fully saturated rings. The first kappa shape index (κ1) is 15.0. The Morgan fingerprint density at radius 1 is 1.41 bits per heavy atom. The van der Waals surface area contributed by atoms with Gasteiger partial charge in [-0.3, -0.25) is 20.5 Å². The zero-order chi connectivity index (χ0) is 15.2. The second-order valence-electron chi connectivity index (χ2n) is 5.25. The summed E-state index contributed by atoms with van der Waals surface area (Å²) in [4.78, 5) is 16.5. The lowest BCUT2D eigenvalue weighted by molar-refractivity contribution is -0.0564. The van der Waals surface area contributed by atoms with Crippen molar-refractivity contribution in [3.05, 3.63) is 35.9 Å². The summed E-state index contributed by atoms with van der Waals surface area (Å²) in [6.45, 7) is 4.25. The fourth-order valence-corrected chi connectivity index (χ4v) is 2.45. The number of rotatable bonds is 5. The minimum atomic E-state index is -0.116. The van der Waals surface area contributed by atoms with Gasteiger partial charge in [-0.05, 0) is 12.1 Å². The topological polar surface area (TPSA) is 78.0 Å².